The van der Waals surface area contributed by atoms with Gasteiger partial charge in [-0.2, -0.15) is 0 Å². The highest BCUT2D eigenvalue weighted by atomic mass is 16.5. The summed E-state index contributed by atoms with van der Waals surface area (Å²) in [4.78, 5) is 44.1. The van der Waals surface area contributed by atoms with Gasteiger partial charge >= 0.3 is 11.9 Å². The van der Waals surface area contributed by atoms with Gasteiger partial charge in [-0.1, -0.05) is 12.1 Å². The van der Waals surface area contributed by atoms with Gasteiger partial charge in [0.2, 0.25) is 5.54 Å². The molecule has 0 aliphatic carbocycles. The summed E-state index contributed by atoms with van der Waals surface area (Å²) < 4.78 is 5.34. The second-order valence-electron chi connectivity index (χ2n) is 8.92. The Morgan fingerprint density at radius 2 is 1.81 bits per heavy atom. The van der Waals surface area contributed by atoms with Crippen molar-refractivity contribution in [2.45, 2.75) is 25.8 Å². The van der Waals surface area contributed by atoms with Crippen molar-refractivity contribution in [2.75, 3.05) is 13.7 Å². The van der Waals surface area contributed by atoms with E-state index in [1.54, 1.807) is 37.3 Å². The van der Waals surface area contributed by atoms with Crippen molar-refractivity contribution in [3.8, 4) is 11.5 Å². The molecule has 9 nitrogen and oxygen atoms in total. The molecule has 0 radical (unpaired) electrons. The third-order valence-electron chi connectivity index (χ3n) is 7.24. The molecule has 1 atom stereocenters. The van der Waals surface area contributed by atoms with Crippen LogP contribution in [-0.2, 0) is 21.5 Å². The molecule has 0 fully saturated rings. The molecule has 5 rings (SSSR count). The van der Waals surface area contributed by atoms with E-state index in [-0.39, 0.29) is 34.7 Å². The van der Waals surface area contributed by atoms with Gasteiger partial charge < -0.3 is 29.9 Å². The van der Waals surface area contributed by atoms with Gasteiger partial charge in [0, 0.05) is 28.7 Å². The van der Waals surface area contributed by atoms with E-state index in [9.17, 15) is 29.7 Å². The molecule has 0 saturated carbocycles. The van der Waals surface area contributed by atoms with Crippen LogP contribution in [0.15, 0.2) is 64.9 Å². The maximum Gasteiger partial charge on any atom is 0.340 e. The Hall–Kier alpha value is -4.53. The average Bonchev–Trinajstić information content (AvgIpc) is 3.22. The van der Waals surface area contributed by atoms with E-state index in [1.165, 1.54) is 31.1 Å². The molecular weight excluding hydrogens is 464 g/mol. The minimum Gasteiger partial charge on any atom is -0.507 e. The third kappa shape index (κ3) is 2.92. The summed E-state index contributed by atoms with van der Waals surface area (Å²) in [5.74, 6) is -3.04. The first-order chi connectivity index (χ1) is 17.1. The van der Waals surface area contributed by atoms with Crippen LogP contribution in [0.25, 0.3) is 10.9 Å². The van der Waals surface area contributed by atoms with Crippen molar-refractivity contribution in [3.63, 3.8) is 0 Å². The lowest BCUT2D eigenvalue weighted by atomic mass is 9.72. The minimum absolute atomic E-state index is 0.00849. The number of carbonyl (C=O) groups excluding carboxylic acids is 1. The fraction of sp³-hybridized carbons (Fsp3) is 0.222. The van der Waals surface area contributed by atoms with E-state index >= 15 is 0 Å². The van der Waals surface area contributed by atoms with Crippen LogP contribution >= 0.6 is 0 Å². The Morgan fingerprint density at radius 3 is 2.44 bits per heavy atom. The number of aromatic hydroxyl groups is 1. The largest absolute Gasteiger partial charge is 0.507 e. The van der Waals surface area contributed by atoms with Crippen LogP contribution in [0.3, 0.4) is 0 Å². The molecule has 3 aromatic rings. The highest BCUT2D eigenvalue weighted by Crippen LogP contribution is 2.51. The van der Waals surface area contributed by atoms with Gasteiger partial charge in [0.25, 0.3) is 0 Å². The molecule has 2 aliphatic heterocycles. The highest BCUT2D eigenvalue weighted by molar-refractivity contribution is 6.16. The second kappa shape index (κ2) is 8.01. The summed E-state index contributed by atoms with van der Waals surface area (Å²) >= 11 is 0. The minimum atomic E-state index is -2.08. The molecular formula is C27H24N2O7. The first kappa shape index (κ1) is 23.2. The topological polar surface area (TPSA) is 140 Å². The van der Waals surface area contributed by atoms with Crippen molar-refractivity contribution in [2.24, 2.45) is 0 Å². The number of carboxylic acids is 2. The lowest BCUT2D eigenvalue weighted by Gasteiger charge is -2.49. The van der Waals surface area contributed by atoms with Gasteiger partial charge in [0.05, 0.1) is 23.9 Å². The number of rotatable bonds is 5. The number of H-pyrrole nitrogens is 1. The van der Waals surface area contributed by atoms with Crippen molar-refractivity contribution < 1.29 is 34.4 Å². The number of fused-ring (bicyclic) bond motifs is 5. The standard InChI is InChI=1S/C27H24N2O7/c1-13-21(23(31)17-6-4-5-7-20(17)30)14(2)29-11-10-16-18-12-15(36-3)8-9-19(18)28-24(16)27(29,26(34)35)22(13)25(32)33/h4-9,12,28,30H,10-11H2,1-3H3,(H,32,33)(H,34,35). The molecule has 0 saturated heterocycles. The number of aromatic amines is 1. The summed E-state index contributed by atoms with van der Waals surface area (Å²) in [6.07, 6.45) is 0.416. The van der Waals surface area contributed by atoms with Gasteiger partial charge in [-0.25, -0.2) is 9.59 Å². The molecule has 9 heteroatoms. The van der Waals surface area contributed by atoms with Crippen LogP contribution in [0.2, 0.25) is 0 Å². The maximum atomic E-state index is 13.6. The van der Waals surface area contributed by atoms with E-state index in [1.807, 2.05) is 0 Å². The molecule has 36 heavy (non-hydrogen) atoms. The SMILES string of the molecule is COc1ccc2[nH]c3c(c2c1)CCN1C(C)=C(C(=O)c2ccccc2O)C(C)=C(C(=O)O)C31C(=O)O. The van der Waals surface area contributed by atoms with Crippen LogP contribution in [-0.4, -0.2) is 56.6 Å². The Bertz CT molecular complexity index is 1540. The second-order valence-corrected chi connectivity index (χ2v) is 8.92. The summed E-state index contributed by atoms with van der Waals surface area (Å²) in [6, 6.07) is 11.3. The molecule has 184 valence electrons. The van der Waals surface area contributed by atoms with E-state index in [2.05, 4.69) is 4.98 Å². The molecule has 4 N–H and O–H groups in total. The van der Waals surface area contributed by atoms with Crippen LogP contribution < -0.4 is 4.74 Å². The van der Waals surface area contributed by atoms with E-state index in [0.29, 0.717) is 28.9 Å². The molecule has 1 aromatic heterocycles. The number of aromatic nitrogens is 1. The lowest BCUT2D eigenvalue weighted by Crippen LogP contribution is -2.59. The molecule has 2 aliphatic rings. The maximum absolute atomic E-state index is 13.6. The molecule has 0 bridgehead atoms. The number of phenolic OH excluding ortho intramolecular Hbond substituents is 1. The number of para-hydroxylation sites is 1. The van der Waals surface area contributed by atoms with Crippen LogP contribution in [0.5, 0.6) is 11.5 Å². The lowest BCUT2D eigenvalue weighted by molar-refractivity contribution is -0.153. The predicted molar refractivity (Wildman–Crippen MR) is 130 cm³/mol. The quantitative estimate of drug-likeness (QED) is 0.400. The summed E-state index contributed by atoms with van der Waals surface area (Å²) in [7, 11) is 1.54. The van der Waals surface area contributed by atoms with Gasteiger partial charge in [-0.3, -0.25) is 4.79 Å². The number of carbonyl (C=O) groups is 3. The number of nitrogens with zero attached hydrogens (tertiary/aromatic N) is 1. The number of ketones is 1. The number of benzene rings is 2. The fourth-order valence-corrected chi connectivity index (χ4v) is 5.71. The Labute approximate surface area is 205 Å². The Morgan fingerprint density at radius 1 is 1.08 bits per heavy atom. The van der Waals surface area contributed by atoms with Crippen molar-refractivity contribution >= 4 is 28.6 Å². The van der Waals surface area contributed by atoms with Gasteiger partial charge in [-0.15, -0.1) is 0 Å². The number of nitrogens with one attached hydrogen (secondary N) is 1. The van der Waals surface area contributed by atoms with Crippen molar-refractivity contribution in [1.82, 2.24) is 9.88 Å². The zero-order chi connectivity index (χ0) is 25.9. The third-order valence-corrected chi connectivity index (χ3v) is 7.24. The van der Waals surface area contributed by atoms with Crippen LogP contribution in [0.1, 0.15) is 35.5 Å². The first-order valence-electron chi connectivity index (χ1n) is 11.3. The molecule has 0 spiro atoms. The van der Waals surface area contributed by atoms with Gasteiger partial charge in [0.15, 0.2) is 5.78 Å². The van der Waals surface area contributed by atoms with Gasteiger partial charge in [0.1, 0.15) is 11.5 Å². The Balaban J connectivity index is 1.83. The van der Waals surface area contributed by atoms with Crippen molar-refractivity contribution in [1.29, 1.82) is 0 Å². The predicted octanol–water partition coefficient (Wildman–Crippen LogP) is 3.59. The van der Waals surface area contributed by atoms with Gasteiger partial charge in [-0.05, 0) is 61.7 Å². The zero-order valence-corrected chi connectivity index (χ0v) is 19.9. The number of Topliss-reactive ketones (excluding diaryl/α,β-unsaturated/α-hetero) is 1. The van der Waals surface area contributed by atoms with Crippen LogP contribution in [0.4, 0.5) is 0 Å². The average molecular weight is 488 g/mol. The Kier molecular flexibility index (Phi) is 5.17. The summed E-state index contributed by atoms with van der Waals surface area (Å²) in [6.45, 7) is 3.22. The van der Waals surface area contributed by atoms with E-state index in [0.717, 1.165) is 5.39 Å². The number of carboxylic acid groups (broad SMARTS) is 2. The number of ether oxygens (including phenoxy) is 1. The first-order valence-corrected chi connectivity index (χ1v) is 11.3. The van der Waals surface area contributed by atoms with Crippen LogP contribution in [0, 0.1) is 0 Å². The highest BCUT2D eigenvalue weighted by Gasteiger charge is 2.59. The van der Waals surface area contributed by atoms with E-state index in [4.69, 9.17) is 4.74 Å². The summed E-state index contributed by atoms with van der Waals surface area (Å²) in [5.41, 5.74) is -0.469. The molecule has 3 heterocycles. The number of phenols is 1. The summed E-state index contributed by atoms with van der Waals surface area (Å²) in [5, 5.41) is 32.1. The zero-order valence-electron chi connectivity index (χ0n) is 19.9. The molecule has 1 unspecified atom stereocenters. The van der Waals surface area contributed by atoms with E-state index < -0.39 is 28.8 Å². The monoisotopic (exact) mass is 488 g/mol. The molecule has 2 aromatic carbocycles. The number of hydrogen-bond acceptors (Lipinski definition) is 6. The smallest absolute Gasteiger partial charge is 0.340 e. The number of methoxy groups -OCH3 is 1. The molecule has 0 amide bonds. The van der Waals surface area contributed by atoms with Crippen molar-refractivity contribution in [3.05, 3.63) is 81.7 Å². The normalized spacial score (nSPS) is 19.2. The number of aliphatic carboxylic acids is 2. The number of hydrogen-bond donors (Lipinski definition) is 4. The fourth-order valence-electron chi connectivity index (χ4n) is 5.71. The number of allylic oxidation sites excluding steroid dienone is 3.